The molecule has 1 aromatic rings. The van der Waals surface area contributed by atoms with Crippen molar-refractivity contribution >= 4 is 5.82 Å². The molecule has 1 aliphatic rings. The van der Waals surface area contributed by atoms with Gasteiger partial charge in [0.2, 0.25) is 0 Å². The molecule has 0 saturated carbocycles. The van der Waals surface area contributed by atoms with Gasteiger partial charge in [-0.1, -0.05) is 19.9 Å². The number of aliphatic hydroxyl groups excluding tert-OH is 1. The van der Waals surface area contributed by atoms with Gasteiger partial charge in [0.05, 0.1) is 6.61 Å². The maximum atomic E-state index is 9.18. The van der Waals surface area contributed by atoms with Crippen molar-refractivity contribution in [1.82, 2.24) is 4.98 Å². The van der Waals surface area contributed by atoms with Gasteiger partial charge < -0.3 is 10.0 Å². The molecule has 0 radical (unpaired) electrons. The van der Waals surface area contributed by atoms with Crippen molar-refractivity contribution in [2.24, 2.45) is 5.41 Å². The van der Waals surface area contributed by atoms with Crippen LogP contribution in [0.15, 0.2) is 12.1 Å². The lowest BCUT2D eigenvalue weighted by Crippen LogP contribution is -2.26. The van der Waals surface area contributed by atoms with Crippen LogP contribution in [0.3, 0.4) is 0 Å². The summed E-state index contributed by atoms with van der Waals surface area (Å²) in [6, 6.07) is 4.04. The maximum Gasteiger partial charge on any atom is 0.128 e. The Kier molecular flexibility index (Phi) is 3.91. The monoisotopic (exact) mass is 248 g/mol. The van der Waals surface area contributed by atoms with Gasteiger partial charge in [0.1, 0.15) is 5.82 Å². The normalized spacial score (nSPS) is 18.3. The second kappa shape index (κ2) is 5.27. The third kappa shape index (κ3) is 2.37. The van der Waals surface area contributed by atoms with E-state index in [0.29, 0.717) is 5.41 Å². The van der Waals surface area contributed by atoms with Gasteiger partial charge in [0, 0.05) is 18.8 Å². The summed E-state index contributed by atoms with van der Waals surface area (Å²) in [5.74, 6) is 1.06. The van der Waals surface area contributed by atoms with Crippen LogP contribution in [0.4, 0.5) is 5.82 Å². The summed E-state index contributed by atoms with van der Waals surface area (Å²) in [4.78, 5) is 7.02. The van der Waals surface area contributed by atoms with E-state index in [0.717, 1.165) is 30.2 Å². The lowest BCUT2D eigenvalue weighted by atomic mass is 9.82. The van der Waals surface area contributed by atoms with Crippen LogP contribution in [0, 0.1) is 12.3 Å². The first-order valence-corrected chi connectivity index (χ1v) is 6.96. The topological polar surface area (TPSA) is 36.4 Å². The lowest BCUT2D eigenvalue weighted by molar-refractivity contribution is 0.280. The molecule has 3 nitrogen and oxygen atoms in total. The third-order valence-corrected chi connectivity index (χ3v) is 4.61. The minimum Gasteiger partial charge on any atom is -0.392 e. The van der Waals surface area contributed by atoms with Crippen molar-refractivity contribution in [3.05, 3.63) is 23.4 Å². The predicted molar refractivity (Wildman–Crippen MR) is 74.7 cm³/mol. The molecule has 0 aromatic carbocycles. The molecular formula is C15H24N2O. The molecule has 18 heavy (non-hydrogen) atoms. The average molecular weight is 248 g/mol. The van der Waals surface area contributed by atoms with E-state index in [-0.39, 0.29) is 6.61 Å². The smallest absolute Gasteiger partial charge is 0.128 e. The summed E-state index contributed by atoms with van der Waals surface area (Å²) in [5.41, 5.74) is 2.35. The highest BCUT2D eigenvalue weighted by atomic mass is 16.3. The van der Waals surface area contributed by atoms with Crippen molar-refractivity contribution in [2.45, 2.75) is 46.6 Å². The van der Waals surface area contributed by atoms with Crippen molar-refractivity contribution in [1.29, 1.82) is 0 Å². The van der Waals surface area contributed by atoms with E-state index in [4.69, 9.17) is 0 Å². The maximum absolute atomic E-state index is 9.18. The van der Waals surface area contributed by atoms with E-state index in [2.05, 4.69) is 23.7 Å². The molecule has 0 amide bonds. The number of nitrogens with zero attached hydrogens (tertiary/aromatic N) is 2. The molecule has 0 unspecified atom stereocenters. The van der Waals surface area contributed by atoms with Crippen LogP contribution in [-0.2, 0) is 6.61 Å². The Balaban J connectivity index is 2.17. The summed E-state index contributed by atoms with van der Waals surface area (Å²) in [6.07, 6.45) is 3.75. The van der Waals surface area contributed by atoms with E-state index in [1.165, 1.54) is 19.3 Å². The van der Waals surface area contributed by atoms with Crippen LogP contribution < -0.4 is 4.90 Å². The fourth-order valence-corrected chi connectivity index (χ4v) is 2.88. The number of aryl methyl sites for hydroxylation is 1. The second-order valence-corrected chi connectivity index (χ2v) is 5.45. The SMILES string of the molecule is CCC1(CC)CCN(c2ccc(CO)c(C)n2)C1. The highest BCUT2D eigenvalue weighted by molar-refractivity contribution is 5.43. The molecule has 3 heteroatoms. The minimum absolute atomic E-state index is 0.0764. The van der Waals surface area contributed by atoms with E-state index >= 15 is 0 Å². The Hall–Kier alpha value is -1.09. The Morgan fingerprint density at radius 1 is 1.33 bits per heavy atom. The first kappa shape index (κ1) is 13.3. The Labute approximate surface area is 110 Å². The molecule has 1 fully saturated rings. The van der Waals surface area contributed by atoms with Crippen LogP contribution in [0.1, 0.15) is 44.4 Å². The zero-order valence-corrected chi connectivity index (χ0v) is 11.7. The molecule has 2 rings (SSSR count). The first-order valence-electron chi connectivity index (χ1n) is 6.96. The molecule has 100 valence electrons. The average Bonchev–Trinajstić information content (AvgIpc) is 2.84. The summed E-state index contributed by atoms with van der Waals surface area (Å²) in [5, 5.41) is 9.18. The van der Waals surface area contributed by atoms with Crippen molar-refractivity contribution < 1.29 is 5.11 Å². The molecular weight excluding hydrogens is 224 g/mol. The van der Waals surface area contributed by atoms with Gasteiger partial charge in [0.25, 0.3) is 0 Å². The fraction of sp³-hybridized carbons (Fsp3) is 0.667. The number of hydrogen-bond donors (Lipinski definition) is 1. The Bertz CT molecular complexity index is 413. The Morgan fingerprint density at radius 3 is 2.56 bits per heavy atom. The van der Waals surface area contributed by atoms with Gasteiger partial charge in [0.15, 0.2) is 0 Å². The molecule has 0 bridgehead atoms. The molecule has 1 N–H and O–H groups in total. The number of aromatic nitrogens is 1. The summed E-state index contributed by atoms with van der Waals surface area (Å²) in [6.45, 7) is 8.85. The highest BCUT2D eigenvalue weighted by Crippen LogP contribution is 2.38. The largest absolute Gasteiger partial charge is 0.392 e. The zero-order chi connectivity index (χ0) is 13.2. The number of aliphatic hydroxyl groups is 1. The van der Waals surface area contributed by atoms with Gasteiger partial charge in [-0.05, 0) is 43.2 Å². The standard InChI is InChI=1S/C15H24N2O/c1-4-15(5-2)8-9-17(11-15)14-7-6-13(10-18)12(3)16-14/h6-7,18H,4-5,8-11H2,1-3H3. The molecule has 1 saturated heterocycles. The quantitative estimate of drug-likeness (QED) is 0.890. The molecule has 2 heterocycles. The van der Waals surface area contributed by atoms with E-state index < -0.39 is 0 Å². The molecule has 1 aliphatic heterocycles. The molecule has 0 spiro atoms. The van der Waals surface area contributed by atoms with Crippen molar-refractivity contribution in [3.63, 3.8) is 0 Å². The van der Waals surface area contributed by atoms with Gasteiger partial charge in [-0.25, -0.2) is 4.98 Å². The van der Waals surface area contributed by atoms with Crippen LogP contribution >= 0.6 is 0 Å². The lowest BCUT2D eigenvalue weighted by Gasteiger charge is -2.27. The number of pyridine rings is 1. The number of hydrogen-bond acceptors (Lipinski definition) is 3. The molecule has 1 aromatic heterocycles. The van der Waals surface area contributed by atoms with E-state index in [1.807, 2.05) is 19.1 Å². The second-order valence-electron chi connectivity index (χ2n) is 5.45. The van der Waals surface area contributed by atoms with Crippen molar-refractivity contribution in [2.75, 3.05) is 18.0 Å². The van der Waals surface area contributed by atoms with E-state index in [1.54, 1.807) is 0 Å². The fourth-order valence-electron chi connectivity index (χ4n) is 2.88. The van der Waals surface area contributed by atoms with Crippen LogP contribution in [0.25, 0.3) is 0 Å². The Morgan fingerprint density at radius 2 is 2.06 bits per heavy atom. The molecule has 0 aliphatic carbocycles. The third-order valence-electron chi connectivity index (χ3n) is 4.61. The van der Waals surface area contributed by atoms with Gasteiger partial charge in [-0.3, -0.25) is 0 Å². The van der Waals surface area contributed by atoms with Gasteiger partial charge in [-0.15, -0.1) is 0 Å². The van der Waals surface area contributed by atoms with Gasteiger partial charge in [-0.2, -0.15) is 0 Å². The minimum atomic E-state index is 0.0764. The summed E-state index contributed by atoms with van der Waals surface area (Å²) < 4.78 is 0. The number of rotatable bonds is 4. The zero-order valence-electron chi connectivity index (χ0n) is 11.7. The van der Waals surface area contributed by atoms with Crippen LogP contribution in [0.5, 0.6) is 0 Å². The van der Waals surface area contributed by atoms with Crippen LogP contribution in [0.2, 0.25) is 0 Å². The van der Waals surface area contributed by atoms with E-state index in [9.17, 15) is 5.11 Å². The number of anilines is 1. The predicted octanol–water partition coefficient (Wildman–Crippen LogP) is 2.90. The van der Waals surface area contributed by atoms with Gasteiger partial charge >= 0.3 is 0 Å². The first-order chi connectivity index (χ1) is 8.64. The highest BCUT2D eigenvalue weighted by Gasteiger charge is 2.35. The van der Waals surface area contributed by atoms with Crippen molar-refractivity contribution in [3.8, 4) is 0 Å². The summed E-state index contributed by atoms with van der Waals surface area (Å²) >= 11 is 0. The van der Waals surface area contributed by atoms with Crippen LogP contribution in [-0.4, -0.2) is 23.2 Å². The summed E-state index contributed by atoms with van der Waals surface area (Å²) in [7, 11) is 0. The molecule has 0 atom stereocenters.